The van der Waals surface area contributed by atoms with Crippen LogP contribution in [0.15, 0.2) is 18.3 Å². The number of hydrogen-bond donors (Lipinski definition) is 3. The van der Waals surface area contributed by atoms with Crippen molar-refractivity contribution in [2.24, 2.45) is 0 Å². The summed E-state index contributed by atoms with van der Waals surface area (Å²) in [4.78, 5) is 25.6. The molecule has 2 aromatic rings. The Morgan fingerprint density at radius 3 is 2.72 bits per heavy atom. The number of fused-ring (bicyclic) bond motifs is 1. The Labute approximate surface area is 101 Å². The highest BCUT2D eigenvalue weighted by Crippen LogP contribution is 2.20. The van der Waals surface area contributed by atoms with Gasteiger partial charge >= 0.3 is 11.9 Å². The van der Waals surface area contributed by atoms with Crippen molar-refractivity contribution < 1.29 is 19.8 Å². The number of aryl methyl sites for hydroxylation is 1. The van der Waals surface area contributed by atoms with E-state index in [0.717, 1.165) is 0 Å². The van der Waals surface area contributed by atoms with Gasteiger partial charge in [-0.2, -0.15) is 0 Å². The van der Waals surface area contributed by atoms with Crippen LogP contribution in [-0.4, -0.2) is 31.5 Å². The lowest BCUT2D eigenvalue weighted by molar-refractivity contribution is -0.137. The van der Waals surface area contributed by atoms with Crippen LogP contribution in [0.2, 0.25) is 0 Å². The molecule has 18 heavy (non-hydrogen) atoms. The van der Waals surface area contributed by atoms with E-state index >= 15 is 0 Å². The lowest BCUT2D eigenvalue weighted by Crippen LogP contribution is -2.01. The molecule has 0 bridgehead atoms. The van der Waals surface area contributed by atoms with Crippen molar-refractivity contribution in [1.29, 1.82) is 0 Å². The van der Waals surface area contributed by atoms with Crippen molar-refractivity contribution in [1.82, 2.24) is 9.38 Å². The Morgan fingerprint density at radius 1 is 1.39 bits per heavy atom. The zero-order valence-electron chi connectivity index (χ0n) is 9.33. The van der Waals surface area contributed by atoms with Crippen molar-refractivity contribution in [3.63, 3.8) is 0 Å². The highest BCUT2D eigenvalue weighted by molar-refractivity contribution is 5.97. The molecular formula is C11H11N3O4. The van der Waals surface area contributed by atoms with Gasteiger partial charge in [0.05, 0.1) is 12.1 Å². The molecule has 0 spiro atoms. The second-order valence-electron chi connectivity index (χ2n) is 3.76. The van der Waals surface area contributed by atoms with Gasteiger partial charge in [0, 0.05) is 12.6 Å². The van der Waals surface area contributed by atoms with Gasteiger partial charge in [-0.3, -0.25) is 4.79 Å². The number of carbonyl (C=O) groups is 2. The molecule has 0 amide bonds. The number of hydrogen-bond acceptors (Lipinski definition) is 4. The van der Waals surface area contributed by atoms with E-state index in [1.54, 1.807) is 18.3 Å². The second kappa shape index (κ2) is 4.36. The van der Waals surface area contributed by atoms with E-state index in [1.807, 2.05) is 0 Å². The second-order valence-corrected chi connectivity index (χ2v) is 3.76. The number of carboxylic acid groups (broad SMARTS) is 2. The summed E-state index contributed by atoms with van der Waals surface area (Å²) in [6.07, 6.45) is 1.64. The standard InChI is InChI=1S/C11H11N3O4/c12-6-2-1-5-14-7(3-4-8(15)16)13-9(10(6)14)11(17)18/h1-2,5H,3-4,12H2,(H,15,16)(H,17,18). The van der Waals surface area contributed by atoms with E-state index in [2.05, 4.69) is 4.98 Å². The van der Waals surface area contributed by atoms with E-state index in [4.69, 9.17) is 15.9 Å². The van der Waals surface area contributed by atoms with Crippen molar-refractivity contribution in [3.8, 4) is 0 Å². The molecule has 2 heterocycles. The lowest BCUT2D eigenvalue weighted by atomic mass is 10.3. The normalized spacial score (nSPS) is 10.7. The van der Waals surface area contributed by atoms with E-state index in [1.165, 1.54) is 4.40 Å². The zero-order valence-corrected chi connectivity index (χ0v) is 9.33. The molecule has 94 valence electrons. The van der Waals surface area contributed by atoms with Crippen molar-refractivity contribution in [2.45, 2.75) is 12.8 Å². The molecule has 0 atom stereocenters. The van der Waals surface area contributed by atoms with Gasteiger partial charge in [0.2, 0.25) is 0 Å². The number of aromatic carboxylic acids is 1. The number of aliphatic carboxylic acids is 1. The highest BCUT2D eigenvalue weighted by Gasteiger charge is 2.18. The first-order valence-corrected chi connectivity index (χ1v) is 5.21. The number of nitrogens with zero attached hydrogens (tertiary/aromatic N) is 2. The third-order valence-corrected chi connectivity index (χ3v) is 2.53. The molecule has 0 aliphatic rings. The van der Waals surface area contributed by atoms with E-state index in [0.29, 0.717) is 17.0 Å². The maximum absolute atomic E-state index is 11.1. The molecule has 4 N–H and O–H groups in total. The summed E-state index contributed by atoms with van der Waals surface area (Å²) < 4.78 is 1.52. The first-order chi connectivity index (χ1) is 8.50. The first kappa shape index (κ1) is 11.9. The van der Waals surface area contributed by atoms with E-state index in [9.17, 15) is 9.59 Å². The maximum Gasteiger partial charge on any atom is 0.356 e. The van der Waals surface area contributed by atoms with Crippen LogP contribution in [0.5, 0.6) is 0 Å². The summed E-state index contributed by atoms with van der Waals surface area (Å²) in [5, 5.41) is 17.7. The van der Waals surface area contributed by atoms with Crippen molar-refractivity contribution in [2.75, 3.05) is 5.73 Å². The Balaban J connectivity index is 2.58. The van der Waals surface area contributed by atoms with Crippen LogP contribution < -0.4 is 5.73 Å². The average molecular weight is 249 g/mol. The molecule has 0 aliphatic carbocycles. The quantitative estimate of drug-likeness (QED) is 0.731. The third-order valence-electron chi connectivity index (χ3n) is 2.53. The first-order valence-electron chi connectivity index (χ1n) is 5.21. The van der Waals surface area contributed by atoms with E-state index in [-0.39, 0.29) is 18.5 Å². The maximum atomic E-state index is 11.1. The number of aromatic nitrogens is 2. The fraction of sp³-hybridized carbons (Fsp3) is 0.182. The molecule has 0 saturated carbocycles. The number of anilines is 1. The van der Waals surface area contributed by atoms with Gasteiger partial charge in [0.1, 0.15) is 11.3 Å². The van der Waals surface area contributed by atoms with Gasteiger partial charge in [-0.25, -0.2) is 9.78 Å². The Morgan fingerprint density at radius 2 is 2.11 bits per heavy atom. The molecule has 0 unspecified atom stereocenters. The number of carboxylic acids is 2. The highest BCUT2D eigenvalue weighted by atomic mass is 16.4. The van der Waals surface area contributed by atoms with E-state index < -0.39 is 11.9 Å². The summed E-state index contributed by atoms with van der Waals surface area (Å²) in [6.45, 7) is 0. The number of pyridine rings is 1. The Kier molecular flexibility index (Phi) is 2.88. The molecule has 0 fully saturated rings. The zero-order chi connectivity index (χ0) is 13.3. The van der Waals surface area contributed by atoms with Gasteiger partial charge in [0.25, 0.3) is 0 Å². The SMILES string of the molecule is Nc1cccn2c(CCC(=O)O)nc(C(=O)O)c12. The topological polar surface area (TPSA) is 118 Å². The summed E-state index contributed by atoms with van der Waals surface area (Å²) in [6, 6.07) is 3.23. The molecule has 7 nitrogen and oxygen atoms in total. The molecule has 7 heteroatoms. The van der Waals surface area contributed by atoms with Crippen LogP contribution in [0, 0.1) is 0 Å². The monoisotopic (exact) mass is 249 g/mol. The van der Waals surface area contributed by atoms with Crippen molar-refractivity contribution in [3.05, 3.63) is 29.8 Å². The molecular weight excluding hydrogens is 238 g/mol. The van der Waals surface area contributed by atoms with Crippen LogP contribution in [0.4, 0.5) is 5.69 Å². The minimum absolute atomic E-state index is 0.118. The van der Waals surface area contributed by atoms with Crippen LogP contribution >= 0.6 is 0 Å². The smallest absolute Gasteiger partial charge is 0.356 e. The minimum atomic E-state index is -1.19. The average Bonchev–Trinajstić information content (AvgIpc) is 2.67. The third kappa shape index (κ3) is 1.97. The largest absolute Gasteiger partial charge is 0.481 e. The summed E-state index contributed by atoms with van der Waals surface area (Å²) in [5.74, 6) is -1.78. The molecule has 0 saturated heterocycles. The van der Waals surface area contributed by atoms with Gasteiger partial charge in [-0.05, 0) is 12.1 Å². The summed E-state index contributed by atoms with van der Waals surface area (Å²) in [5.41, 5.74) is 6.16. The van der Waals surface area contributed by atoms with Gasteiger partial charge in [-0.1, -0.05) is 0 Å². The molecule has 0 radical (unpaired) electrons. The molecule has 0 aromatic carbocycles. The number of nitrogens with two attached hydrogens (primary N) is 1. The van der Waals surface area contributed by atoms with Gasteiger partial charge in [-0.15, -0.1) is 0 Å². The van der Waals surface area contributed by atoms with Crippen LogP contribution in [0.25, 0.3) is 5.52 Å². The van der Waals surface area contributed by atoms with Gasteiger partial charge in [0.15, 0.2) is 5.69 Å². The number of nitrogen functional groups attached to an aromatic ring is 1. The minimum Gasteiger partial charge on any atom is -0.481 e. The van der Waals surface area contributed by atoms with Crippen LogP contribution in [0.3, 0.4) is 0 Å². The molecule has 2 rings (SSSR count). The summed E-state index contributed by atoms with van der Waals surface area (Å²) in [7, 11) is 0. The fourth-order valence-corrected chi connectivity index (χ4v) is 1.77. The Bertz CT molecular complexity index is 632. The van der Waals surface area contributed by atoms with Crippen LogP contribution in [0.1, 0.15) is 22.7 Å². The Hall–Kier alpha value is -2.57. The lowest BCUT2D eigenvalue weighted by Gasteiger charge is -2.01. The van der Waals surface area contributed by atoms with Crippen molar-refractivity contribution >= 4 is 23.1 Å². The number of imidazole rings is 1. The number of rotatable bonds is 4. The fourth-order valence-electron chi connectivity index (χ4n) is 1.77. The molecule has 2 aromatic heterocycles. The predicted molar refractivity (Wildman–Crippen MR) is 62.5 cm³/mol. The predicted octanol–water partition coefficient (Wildman–Crippen LogP) is 0.632. The van der Waals surface area contributed by atoms with Gasteiger partial charge < -0.3 is 20.3 Å². The summed E-state index contributed by atoms with van der Waals surface area (Å²) >= 11 is 0. The van der Waals surface area contributed by atoms with Crippen LogP contribution in [-0.2, 0) is 11.2 Å². The molecule has 0 aliphatic heterocycles.